The predicted molar refractivity (Wildman–Crippen MR) is 79.5 cm³/mol. The molecule has 2 aromatic carbocycles. The molecule has 98 valence electrons. The highest BCUT2D eigenvalue weighted by molar-refractivity contribution is 6.17. The molecule has 19 heavy (non-hydrogen) atoms. The van der Waals surface area contributed by atoms with Crippen LogP contribution in [-0.4, -0.2) is 5.91 Å². The Balaban J connectivity index is 2.08. The molecule has 0 radical (unpaired) electrons. The maximum Gasteiger partial charge on any atom is 0.228 e. The molecule has 0 spiro atoms. The molecule has 0 saturated heterocycles. The lowest BCUT2D eigenvalue weighted by molar-refractivity contribution is -0.115. The smallest absolute Gasteiger partial charge is 0.228 e. The molecule has 2 rings (SSSR count). The summed E-state index contributed by atoms with van der Waals surface area (Å²) in [7, 11) is 0. The van der Waals surface area contributed by atoms with Crippen molar-refractivity contribution in [1.82, 2.24) is 0 Å². The van der Waals surface area contributed by atoms with Gasteiger partial charge in [0.25, 0.3) is 0 Å². The van der Waals surface area contributed by atoms with Crippen molar-refractivity contribution in [2.24, 2.45) is 0 Å². The van der Waals surface area contributed by atoms with E-state index in [1.165, 1.54) is 0 Å². The zero-order valence-corrected chi connectivity index (χ0v) is 11.6. The van der Waals surface area contributed by atoms with E-state index in [1.54, 1.807) is 0 Å². The van der Waals surface area contributed by atoms with E-state index in [9.17, 15) is 4.79 Å². The first-order chi connectivity index (χ1) is 9.20. The molecule has 0 heterocycles. The van der Waals surface area contributed by atoms with Crippen LogP contribution in [0.3, 0.4) is 0 Å². The summed E-state index contributed by atoms with van der Waals surface area (Å²) in [6, 6.07) is 15.5. The Hall–Kier alpha value is -1.80. The third-order valence-electron chi connectivity index (χ3n) is 3.05. The van der Waals surface area contributed by atoms with Crippen molar-refractivity contribution in [2.45, 2.75) is 19.2 Å². The van der Waals surface area contributed by atoms with Gasteiger partial charge >= 0.3 is 0 Å². The number of anilines is 1. The van der Waals surface area contributed by atoms with E-state index in [4.69, 9.17) is 11.6 Å². The lowest BCUT2D eigenvalue weighted by atomic mass is 10.1. The van der Waals surface area contributed by atoms with E-state index < -0.39 is 0 Å². The van der Waals surface area contributed by atoms with Crippen molar-refractivity contribution in [1.29, 1.82) is 0 Å². The lowest BCUT2D eigenvalue weighted by Gasteiger charge is -2.10. The third kappa shape index (κ3) is 3.58. The van der Waals surface area contributed by atoms with Gasteiger partial charge in [-0.25, -0.2) is 0 Å². The second-order valence-electron chi connectivity index (χ2n) is 4.44. The molecular weight excluding hydrogens is 258 g/mol. The Morgan fingerprint density at radius 2 is 1.68 bits per heavy atom. The van der Waals surface area contributed by atoms with E-state index in [0.29, 0.717) is 12.3 Å². The standard InChI is InChI=1S/C16H16ClNO/c1-12-6-2-3-7-13(12)10-16(19)18-15-9-5-4-8-14(15)11-17/h2-9H,10-11H2,1H3,(H,18,19). The first kappa shape index (κ1) is 13.6. The van der Waals surface area contributed by atoms with Crippen LogP contribution in [0.2, 0.25) is 0 Å². The van der Waals surface area contributed by atoms with Crippen molar-refractivity contribution in [3.63, 3.8) is 0 Å². The fourth-order valence-corrected chi connectivity index (χ4v) is 2.17. The number of rotatable bonds is 4. The minimum Gasteiger partial charge on any atom is -0.326 e. The molecule has 2 aromatic rings. The van der Waals surface area contributed by atoms with Gasteiger partial charge in [0, 0.05) is 11.6 Å². The van der Waals surface area contributed by atoms with Gasteiger partial charge in [0.2, 0.25) is 5.91 Å². The molecule has 0 aliphatic heterocycles. The predicted octanol–water partition coefficient (Wildman–Crippen LogP) is 3.92. The normalized spacial score (nSPS) is 10.2. The van der Waals surface area contributed by atoms with Crippen LogP contribution < -0.4 is 5.32 Å². The van der Waals surface area contributed by atoms with Crippen LogP contribution in [0, 0.1) is 6.92 Å². The number of nitrogens with one attached hydrogen (secondary N) is 1. The van der Waals surface area contributed by atoms with Gasteiger partial charge in [0.05, 0.1) is 6.42 Å². The fourth-order valence-electron chi connectivity index (χ4n) is 1.93. The molecule has 3 heteroatoms. The Labute approximate surface area is 118 Å². The number of carbonyl (C=O) groups excluding carboxylic acids is 1. The number of carbonyl (C=O) groups is 1. The third-order valence-corrected chi connectivity index (χ3v) is 3.34. The second kappa shape index (κ2) is 6.39. The summed E-state index contributed by atoms with van der Waals surface area (Å²) in [6.07, 6.45) is 0.378. The summed E-state index contributed by atoms with van der Waals surface area (Å²) < 4.78 is 0. The number of aryl methyl sites for hydroxylation is 1. The van der Waals surface area contributed by atoms with Gasteiger partial charge in [-0.2, -0.15) is 0 Å². The summed E-state index contributed by atoms with van der Waals surface area (Å²) in [6.45, 7) is 2.01. The first-order valence-corrected chi connectivity index (χ1v) is 6.72. The number of hydrogen-bond acceptors (Lipinski definition) is 1. The van der Waals surface area contributed by atoms with Crippen molar-refractivity contribution in [3.05, 3.63) is 65.2 Å². The lowest BCUT2D eigenvalue weighted by Crippen LogP contribution is -2.15. The van der Waals surface area contributed by atoms with E-state index in [-0.39, 0.29) is 5.91 Å². The number of amides is 1. The highest BCUT2D eigenvalue weighted by Crippen LogP contribution is 2.17. The zero-order chi connectivity index (χ0) is 13.7. The summed E-state index contributed by atoms with van der Waals surface area (Å²) in [5.74, 6) is 0.368. The summed E-state index contributed by atoms with van der Waals surface area (Å²) in [5.41, 5.74) is 3.89. The first-order valence-electron chi connectivity index (χ1n) is 6.19. The van der Waals surface area contributed by atoms with Gasteiger partial charge in [-0.1, -0.05) is 42.5 Å². The summed E-state index contributed by atoms with van der Waals surface area (Å²) in [4.78, 5) is 12.0. The fraction of sp³-hybridized carbons (Fsp3) is 0.188. The van der Waals surface area contributed by atoms with E-state index in [2.05, 4.69) is 5.32 Å². The van der Waals surface area contributed by atoms with Crippen LogP contribution in [0.5, 0.6) is 0 Å². The summed E-state index contributed by atoms with van der Waals surface area (Å²) >= 11 is 5.85. The Morgan fingerprint density at radius 1 is 1.05 bits per heavy atom. The Bertz CT molecular complexity index is 580. The van der Waals surface area contributed by atoms with Crippen LogP contribution in [0.25, 0.3) is 0 Å². The number of para-hydroxylation sites is 1. The molecule has 0 aromatic heterocycles. The summed E-state index contributed by atoms with van der Waals surface area (Å²) in [5, 5.41) is 2.91. The quantitative estimate of drug-likeness (QED) is 0.841. The van der Waals surface area contributed by atoms with Crippen LogP contribution in [-0.2, 0) is 17.1 Å². The number of hydrogen-bond donors (Lipinski definition) is 1. The number of alkyl halides is 1. The minimum atomic E-state index is -0.0214. The van der Waals surface area contributed by atoms with Gasteiger partial charge in [-0.15, -0.1) is 11.6 Å². The minimum absolute atomic E-state index is 0.0214. The zero-order valence-electron chi connectivity index (χ0n) is 10.8. The molecule has 0 aliphatic carbocycles. The van der Waals surface area contributed by atoms with Crippen LogP contribution >= 0.6 is 11.6 Å². The SMILES string of the molecule is Cc1ccccc1CC(=O)Nc1ccccc1CCl. The van der Waals surface area contributed by atoms with Gasteiger partial charge in [-0.05, 0) is 29.7 Å². The highest BCUT2D eigenvalue weighted by Gasteiger charge is 2.08. The molecule has 2 nitrogen and oxygen atoms in total. The van der Waals surface area contributed by atoms with Gasteiger partial charge in [-0.3, -0.25) is 4.79 Å². The van der Waals surface area contributed by atoms with E-state index in [1.807, 2.05) is 55.5 Å². The molecule has 0 saturated carbocycles. The van der Waals surface area contributed by atoms with Crippen LogP contribution in [0.1, 0.15) is 16.7 Å². The van der Waals surface area contributed by atoms with Crippen molar-refractivity contribution in [3.8, 4) is 0 Å². The van der Waals surface area contributed by atoms with Gasteiger partial charge in [0.15, 0.2) is 0 Å². The van der Waals surface area contributed by atoms with E-state index >= 15 is 0 Å². The molecule has 0 bridgehead atoms. The van der Waals surface area contributed by atoms with Gasteiger partial charge in [0.1, 0.15) is 0 Å². The Kier molecular flexibility index (Phi) is 4.58. The molecule has 0 unspecified atom stereocenters. The van der Waals surface area contributed by atoms with Crippen molar-refractivity contribution < 1.29 is 4.79 Å². The highest BCUT2D eigenvalue weighted by atomic mass is 35.5. The van der Waals surface area contributed by atoms with Crippen molar-refractivity contribution in [2.75, 3.05) is 5.32 Å². The molecule has 1 amide bonds. The van der Waals surface area contributed by atoms with Crippen LogP contribution in [0.4, 0.5) is 5.69 Å². The number of benzene rings is 2. The van der Waals surface area contributed by atoms with Crippen molar-refractivity contribution >= 4 is 23.2 Å². The van der Waals surface area contributed by atoms with E-state index in [0.717, 1.165) is 22.4 Å². The maximum atomic E-state index is 12.0. The molecule has 1 N–H and O–H groups in total. The second-order valence-corrected chi connectivity index (χ2v) is 4.71. The van der Waals surface area contributed by atoms with Gasteiger partial charge < -0.3 is 5.32 Å². The maximum absolute atomic E-state index is 12.0. The molecular formula is C16H16ClNO. The largest absolute Gasteiger partial charge is 0.326 e. The molecule has 0 atom stereocenters. The molecule has 0 fully saturated rings. The number of halogens is 1. The Morgan fingerprint density at radius 3 is 2.37 bits per heavy atom. The molecule has 0 aliphatic rings. The average Bonchev–Trinajstić information content (AvgIpc) is 2.42. The topological polar surface area (TPSA) is 29.1 Å². The van der Waals surface area contributed by atoms with Crippen LogP contribution in [0.15, 0.2) is 48.5 Å². The monoisotopic (exact) mass is 273 g/mol. The average molecular weight is 274 g/mol.